The number of Topliss-reactive ketones (excluding diaryl/α,β-unsaturated/α-hetero) is 1. The summed E-state index contributed by atoms with van der Waals surface area (Å²) in [5.41, 5.74) is 1.18. The van der Waals surface area contributed by atoms with Gasteiger partial charge >= 0.3 is 0 Å². The number of nitrogens with zero attached hydrogens (tertiary/aromatic N) is 1. The van der Waals surface area contributed by atoms with Crippen LogP contribution in [0.4, 0.5) is 0 Å². The third kappa shape index (κ3) is 1.85. The summed E-state index contributed by atoms with van der Waals surface area (Å²) in [5, 5.41) is 1.20. The summed E-state index contributed by atoms with van der Waals surface area (Å²) in [6, 6.07) is 1.66. The molecule has 0 aliphatic rings. The largest absolute Gasteiger partial charge is 0.345 e. The van der Waals surface area contributed by atoms with Gasteiger partial charge in [0.15, 0.2) is 5.78 Å². The number of rotatable bonds is 3. The van der Waals surface area contributed by atoms with Crippen molar-refractivity contribution in [3.05, 3.63) is 29.0 Å². The number of fused-ring (bicyclic) bond motifs is 1. The first-order valence-corrected chi connectivity index (χ1v) is 5.36. The van der Waals surface area contributed by atoms with Crippen LogP contribution in [0.1, 0.15) is 16.8 Å². The Hall–Kier alpha value is -1.06. The predicted octanol–water partition coefficient (Wildman–Crippen LogP) is 3.03. The zero-order valence-electron chi connectivity index (χ0n) is 7.76. The molecule has 78 valence electrons. The average Bonchev–Trinajstić information content (AvgIpc) is 2.63. The van der Waals surface area contributed by atoms with Crippen LogP contribution in [-0.4, -0.2) is 21.6 Å². The van der Waals surface area contributed by atoms with Gasteiger partial charge in [-0.1, -0.05) is 11.6 Å². The molecule has 0 aliphatic heterocycles. The number of hydrogen-bond acceptors (Lipinski definition) is 2. The molecule has 0 bridgehead atoms. The molecule has 0 unspecified atom stereocenters. The number of halogens is 2. The number of aromatic nitrogens is 2. The van der Waals surface area contributed by atoms with Crippen LogP contribution in [0.3, 0.4) is 0 Å². The van der Waals surface area contributed by atoms with Crippen LogP contribution in [-0.2, 0) is 0 Å². The Kier molecular flexibility index (Phi) is 2.93. The van der Waals surface area contributed by atoms with Gasteiger partial charge < -0.3 is 4.98 Å². The number of H-pyrrole nitrogens is 1. The second-order valence-electron chi connectivity index (χ2n) is 3.08. The fourth-order valence-electron chi connectivity index (χ4n) is 1.46. The van der Waals surface area contributed by atoms with E-state index in [-0.39, 0.29) is 5.78 Å². The molecule has 2 heterocycles. The van der Waals surface area contributed by atoms with Crippen molar-refractivity contribution in [3.63, 3.8) is 0 Å². The molecule has 0 atom stereocenters. The van der Waals surface area contributed by atoms with E-state index in [1.165, 1.54) is 0 Å². The lowest BCUT2D eigenvalue weighted by Crippen LogP contribution is -1.98. The minimum absolute atomic E-state index is 0.0221. The Labute approximate surface area is 96.4 Å². The monoisotopic (exact) mass is 242 g/mol. The average molecular weight is 243 g/mol. The van der Waals surface area contributed by atoms with Crippen molar-refractivity contribution < 1.29 is 4.79 Å². The summed E-state index contributed by atoms with van der Waals surface area (Å²) in [6.45, 7) is 0. The lowest BCUT2D eigenvalue weighted by atomic mass is 10.1. The molecule has 0 saturated heterocycles. The molecule has 3 nitrogen and oxygen atoms in total. The highest BCUT2D eigenvalue weighted by Gasteiger charge is 2.14. The first-order valence-electron chi connectivity index (χ1n) is 4.45. The van der Waals surface area contributed by atoms with Crippen LogP contribution in [0.15, 0.2) is 18.5 Å². The smallest absolute Gasteiger partial charge is 0.166 e. The van der Waals surface area contributed by atoms with Gasteiger partial charge in [-0.15, -0.1) is 11.6 Å². The fraction of sp³-hybridized carbons (Fsp3) is 0.200. The minimum atomic E-state index is -0.0221. The number of hydrogen-bond donors (Lipinski definition) is 1. The topological polar surface area (TPSA) is 45.8 Å². The molecular formula is C10H8Cl2N2O. The van der Waals surface area contributed by atoms with Gasteiger partial charge in [0.25, 0.3) is 0 Å². The minimum Gasteiger partial charge on any atom is -0.345 e. The Balaban J connectivity index is 2.57. The van der Waals surface area contributed by atoms with Gasteiger partial charge in [0.05, 0.1) is 5.02 Å². The summed E-state index contributed by atoms with van der Waals surface area (Å²) < 4.78 is 0. The quantitative estimate of drug-likeness (QED) is 0.665. The first kappa shape index (κ1) is 10.5. The van der Waals surface area contributed by atoms with Crippen molar-refractivity contribution in [1.82, 2.24) is 9.97 Å². The van der Waals surface area contributed by atoms with Crippen LogP contribution >= 0.6 is 23.2 Å². The van der Waals surface area contributed by atoms with E-state index in [4.69, 9.17) is 23.2 Å². The molecule has 1 N–H and O–H groups in total. The van der Waals surface area contributed by atoms with Gasteiger partial charge in [-0.3, -0.25) is 4.79 Å². The predicted molar refractivity (Wildman–Crippen MR) is 60.8 cm³/mol. The van der Waals surface area contributed by atoms with Crippen LogP contribution in [0.25, 0.3) is 11.0 Å². The molecule has 0 fully saturated rings. The molecule has 0 aromatic carbocycles. The van der Waals surface area contributed by atoms with Gasteiger partial charge in [-0.2, -0.15) is 0 Å². The lowest BCUT2D eigenvalue weighted by molar-refractivity contribution is 0.0991. The molecule has 15 heavy (non-hydrogen) atoms. The van der Waals surface area contributed by atoms with E-state index >= 15 is 0 Å². The number of pyridine rings is 1. The molecule has 2 aromatic rings. The SMILES string of the molecule is O=C(CCCl)c1c[nH]c2nccc(Cl)c12. The maximum absolute atomic E-state index is 11.7. The van der Waals surface area contributed by atoms with E-state index in [0.717, 1.165) is 0 Å². The molecule has 0 saturated carbocycles. The Morgan fingerprint density at radius 2 is 2.33 bits per heavy atom. The molecule has 0 spiro atoms. The highest BCUT2D eigenvalue weighted by Crippen LogP contribution is 2.25. The van der Waals surface area contributed by atoms with Gasteiger partial charge in [0.1, 0.15) is 5.65 Å². The highest BCUT2D eigenvalue weighted by molar-refractivity contribution is 6.36. The molecule has 0 radical (unpaired) electrons. The summed E-state index contributed by atoms with van der Waals surface area (Å²) in [4.78, 5) is 18.7. The summed E-state index contributed by atoms with van der Waals surface area (Å²) in [5.74, 6) is 0.287. The zero-order valence-corrected chi connectivity index (χ0v) is 9.27. The van der Waals surface area contributed by atoms with Crippen molar-refractivity contribution in [2.24, 2.45) is 0 Å². The van der Waals surface area contributed by atoms with Gasteiger partial charge in [-0.25, -0.2) is 4.98 Å². The number of carbonyl (C=O) groups is 1. The van der Waals surface area contributed by atoms with Crippen LogP contribution in [0.5, 0.6) is 0 Å². The first-order chi connectivity index (χ1) is 7.24. The van der Waals surface area contributed by atoms with Gasteiger partial charge in [0.2, 0.25) is 0 Å². The van der Waals surface area contributed by atoms with E-state index in [2.05, 4.69) is 9.97 Å². The highest BCUT2D eigenvalue weighted by atomic mass is 35.5. The summed E-state index contributed by atoms with van der Waals surface area (Å²) >= 11 is 11.5. The number of aromatic amines is 1. The normalized spacial score (nSPS) is 10.8. The Morgan fingerprint density at radius 1 is 1.53 bits per heavy atom. The zero-order chi connectivity index (χ0) is 10.8. The van der Waals surface area contributed by atoms with E-state index < -0.39 is 0 Å². The number of carbonyl (C=O) groups excluding carboxylic acids is 1. The number of alkyl halides is 1. The second kappa shape index (κ2) is 4.21. The van der Waals surface area contributed by atoms with Crippen molar-refractivity contribution in [1.29, 1.82) is 0 Å². The van der Waals surface area contributed by atoms with E-state index in [0.29, 0.717) is 33.9 Å². The maximum Gasteiger partial charge on any atom is 0.166 e. The fourth-order valence-corrected chi connectivity index (χ4v) is 1.88. The molecule has 2 aromatic heterocycles. The van der Waals surface area contributed by atoms with Crippen LogP contribution in [0.2, 0.25) is 5.02 Å². The van der Waals surface area contributed by atoms with Gasteiger partial charge in [0, 0.05) is 35.6 Å². The maximum atomic E-state index is 11.7. The van der Waals surface area contributed by atoms with Crippen molar-refractivity contribution in [2.75, 3.05) is 5.88 Å². The number of ketones is 1. The standard InChI is InChI=1S/C10H8Cl2N2O/c11-3-1-8(15)6-5-14-10-9(6)7(12)2-4-13-10/h2,4-5H,1,3H2,(H,13,14). The molecule has 5 heteroatoms. The molecule has 0 amide bonds. The van der Waals surface area contributed by atoms with Crippen molar-refractivity contribution >= 4 is 40.0 Å². The summed E-state index contributed by atoms with van der Waals surface area (Å²) in [7, 11) is 0. The van der Waals surface area contributed by atoms with E-state index in [1.54, 1.807) is 18.5 Å². The number of nitrogens with one attached hydrogen (secondary N) is 1. The molecular weight excluding hydrogens is 235 g/mol. The van der Waals surface area contributed by atoms with Crippen LogP contribution < -0.4 is 0 Å². The Morgan fingerprint density at radius 3 is 3.07 bits per heavy atom. The molecule has 2 rings (SSSR count). The molecule has 0 aliphatic carbocycles. The summed E-state index contributed by atoms with van der Waals surface area (Å²) in [6.07, 6.45) is 3.52. The third-order valence-electron chi connectivity index (χ3n) is 2.14. The van der Waals surface area contributed by atoms with Gasteiger partial charge in [-0.05, 0) is 6.07 Å². The third-order valence-corrected chi connectivity index (χ3v) is 2.65. The Bertz CT molecular complexity index is 507. The second-order valence-corrected chi connectivity index (χ2v) is 3.87. The van der Waals surface area contributed by atoms with E-state index in [9.17, 15) is 4.79 Å². The lowest BCUT2D eigenvalue weighted by Gasteiger charge is -1.97. The van der Waals surface area contributed by atoms with E-state index in [1.807, 2.05) is 0 Å². The van der Waals surface area contributed by atoms with Crippen LogP contribution in [0, 0.1) is 0 Å². The van der Waals surface area contributed by atoms with Crippen molar-refractivity contribution in [3.8, 4) is 0 Å². The van der Waals surface area contributed by atoms with Crippen molar-refractivity contribution in [2.45, 2.75) is 6.42 Å².